The van der Waals surface area contributed by atoms with Crippen molar-refractivity contribution in [2.45, 2.75) is 234 Å². The van der Waals surface area contributed by atoms with E-state index in [1.54, 1.807) is 0 Å². The van der Waals surface area contributed by atoms with Crippen LogP contribution in [0.5, 0.6) is 0 Å². The molecule has 0 aromatic rings. The summed E-state index contributed by atoms with van der Waals surface area (Å²) in [4.78, 5) is 0. The van der Waals surface area contributed by atoms with Gasteiger partial charge in [-0.3, -0.25) is 0 Å². The normalized spacial score (nSPS) is 58.2. The smallest absolute Gasteiger partial charge is 0.187 e. The largest absolute Gasteiger partial charge is 0.396 e. The Morgan fingerprint density at radius 3 is 1.82 bits per heavy atom. The lowest BCUT2D eigenvalue weighted by molar-refractivity contribution is -0.397. The van der Waals surface area contributed by atoms with Crippen molar-refractivity contribution in [3.8, 4) is 0 Å². The summed E-state index contributed by atoms with van der Waals surface area (Å²) in [5, 5.41) is 142. The van der Waals surface area contributed by atoms with E-state index in [-0.39, 0.29) is 57.0 Å². The van der Waals surface area contributed by atoms with E-state index < -0.39 is 155 Å². The third kappa shape index (κ3) is 8.39. The van der Waals surface area contributed by atoms with Gasteiger partial charge >= 0.3 is 0 Å². The summed E-state index contributed by atoms with van der Waals surface area (Å²) in [5.41, 5.74) is -2.19. The van der Waals surface area contributed by atoms with Crippen LogP contribution in [0.1, 0.15) is 106 Å². The summed E-state index contributed by atoms with van der Waals surface area (Å²) in [5.74, 6) is 0.384. The Labute approximate surface area is 432 Å². The second-order valence-corrected chi connectivity index (χ2v) is 26.0. The molecule has 22 nitrogen and oxygen atoms in total. The van der Waals surface area contributed by atoms with Gasteiger partial charge in [0, 0.05) is 16.2 Å². The highest BCUT2D eigenvalue weighted by Crippen LogP contribution is 2.80. The van der Waals surface area contributed by atoms with Gasteiger partial charge in [-0.1, -0.05) is 41.5 Å². The van der Waals surface area contributed by atoms with Crippen molar-refractivity contribution in [1.29, 1.82) is 0 Å². The van der Waals surface area contributed by atoms with Crippen LogP contribution in [0.4, 0.5) is 0 Å². The van der Waals surface area contributed by atoms with Crippen molar-refractivity contribution >= 4 is 0 Å². The first-order chi connectivity index (χ1) is 34.8. The van der Waals surface area contributed by atoms with Crippen LogP contribution in [0.25, 0.3) is 0 Å². The van der Waals surface area contributed by atoms with Crippen LogP contribution in [-0.4, -0.2) is 234 Å². The van der Waals surface area contributed by atoms with Crippen LogP contribution >= 0.6 is 0 Å². The van der Waals surface area contributed by atoms with E-state index in [9.17, 15) is 66.4 Å². The number of aliphatic hydroxyl groups is 13. The second-order valence-electron chi connectivity index (χ2n) is 26.0. The van der Waals surface area contributed by atoms with Gasteiger partial charge in [-0.05, 0) is 98.2 Å². The van der Waals surface area contributed by atoms with Crippen LogP contribution in [0.2, 0.25) is 0 Å². The first-order valence-electron chi connectivity index (χ1n) is 27.2. The Kier molecular flexibility index (Phi) is 15.2. The van der Waals surface area contributed by atoms with Crippen LogP contribution in [0.15, 0.2) is 0 Å². The van der Waals surface area contributed by atoms with Crippen LogP contribution in [0.3, 0.4) is 0 Å². The number of ether oxygens (including phenoxy) is 9. The van der Waals surface area contributed by atoms with E-state index in [1.807, 2.05) is 6.92 Å². The fourth-order valence-electron chi connectivity index (χ4n) is 17.4. The summed E-state index contributed by atoms with van der Waals surface area (Å²) in [6.07, 6.45) is -23.4. The maximum absolute atomic E-state index is 12.4. The molecule has 5 aliphatic heterocycles. The Morgan fingerprint density at radius 1 is 0.514 bits per heavy atom. The molecular weight excluding hydrogens is 977 g/mol. The Bertz CT molecular complexity index is 1990. The molecule has 2 bridgehead atoms. The minimum absolute atomic E-state index is 0.0764. The monoisotopic (exact) mass is 1060 g/mol. The van der Waals surface area contributed by atoms with Crippen molar-refractivity contribution in [3.63, 3.8) is 0 Å². The predicted molar refractivity (Wildman–Crippen MR) is 252 cm³/mol. The number of aliphatic hydroxyl groups excluding tert-OH is 13. The highest BCUT2D eigenvalue weighted by atomic mass is 16.8. The van der Waals surface area contributed by atoms with Gasteiger partial charge in [0.05, 0.1) is 57.5 Å². The van der Waals surface area contributed by atoms with Gasteiger partial charge in [-0.25, -0.2) is 0 Å². The molecule has 10 aliphatic rings. The summed E-state index contributed by atoms with van der Waals surface area (Å²) >= 11 is 0. The number of hydrogen-bond acceptors (Lipinski definition) is 22. The number of rotatable bonds is 11. The molecule has 5 aliphatic carbocycles. The summed E-state index contributed by atoms with van der Waals surface area (Å²) < 4.78 is 56.0. The predicted octanol–water partition coefficient (Wildman–Crippen LogP) is -2.10. The first-order valence-corrected chi connectivity index (χ1v) is 27.2. The molecular formula is C52H86O22. The SMILES string of the molecule is CC1(C)CC[C@]23CO[C@@]4(CC[C@@H]5[C@@]6(C)CC[C@H](O[C@@H]7OC[C@H](O[C@@H]8O[C@H](CO)[C@@H](O)[C@H](O)[C@H]8O)[C@H](O)[C@H]7O[C@@H]7O[C@H](CO)[C@@H](O)[C@H](O)[C@H]7O[C@@H]7OC[C@@H](O)[C@H](O)[C@H]7O)[C@@](C)(CO)[C@@H]6CC[C@@]5(C)[C@]4(C)C[C@H]2O)[C@@H]3C1. The molecule has 0 aromatic carbocycles. The average molecular weight is 1060 g/mol. The van der Waals surface area contributed by atoms with E-state index in [0.717, 1.165) is 44.9 Å². The molecule has 13 N–H and O–H groups in total. The van der Waals surface area contributed by atoms with Gasteiger partial charge in [0.25, 0.3) is 0 Å². The van der Waals surface area contributed by atoms with E-state index >= 15 is 0 Å². The van der Waals surface area contributed by atoms with E-state index in [2.05, 4.69) is 34.6 Å². The third-order valence-corrected chi connectivity index (χ3v) is 22.0. The minimum Gasteiger partial charge on any atom is -0.396 e. The van der Waals surface area contributed by atoms with E-state index in [4.69, 9.17) is 42.6 Å². The van der Waals surface area contributed by atoms with Crippen LogP contribution in [-0.2, 0) is 42.6 Å². The molecule has 5 saturated heterocycles. The lowest BCUT2D eigenvalue weighted by Crippen LogP contribution is -2.74. The Morgan fingerprint density at radius 2 is 1.14 bits per heavy atom. The van der Waals surface area contributed by atoms with Crippen molar-refractivity contribution < 1.29 is 109 Å². The molecule has 5 saturated carbocycles. The van der Waals surface area contributed by atoms with Crippen molar-refractivity contribution in [2.75, 3.05) is 39.6 Å². The molecule has 10 rings (SSSR count). The number of hydrogen-bond donors (Lipinski definition) is 13. The van der Waals surface area contributed by atoms with Crippen LogP contribution < -0.4 is 0 Å². The Hall–Kier alpha value is -0.880. The van der Waals surface area contributed by atoms with E-state index in [1.165, 1.54) is 0 Å². The number of fused-ring (bicyclic) bond motifs is 4. The topological polar surface area (TPSA) is 346 Å². The highest BCUT2D eigenvalue weighted by molar-refractivity contribution is 5.28. The fraction of sp³-hybridized carbons (Fsp3) is 1.00. The Balaban J connectivity index is 0.935. The van der Waals surface area contributed by atoms with Gasteiger partial charge in [0.15, 0.2) is 25.2 Å². The zero-order valence-electron chi connectivity index (χ0n) is 43.6. The molecule has 0 aromatic heterocycles. The van der Waals surface area contributed by atoms with Gasteiger partial charge in [0.2, 0.25) is 0 Å². The lowest BCUT2D eigenvalue weighted by Gasteiger charge is -2.75. The molecule has 29 atom stereocenters. The summed E-state index contributed by atoms with van der Waals surface area (Å²) in [6, 6.07) is 0. The molecule has 5 heterocycles. The molecule has 0 unspecified atom stereocenters. The molecule has 22 heteroatoms. The maximum atomic E-state index is 12.4. The van der Waals surface area contributed by atoms with Gasteiger partial charge < -0.3 is 109 Å². The van der Waals surface area contributed by atoms with Crippen molar-refractivity contribution in [3.05, 3.63) is 0 Å². The standard InChI is InChI=1S/C52H86O22/c1-46(2)13-14-51-22-68-52(29(51)15-46)12-8-28-47(3)10-9-31(48(4,21-55)27(47)7-11-49(28,5)50(52,6)16-30(51)57)72-44-40(35(61)26(20-67-44)71-43-39(65)36(62)33(59)24(17-53)69-43)74-45-41(37(63)34(60)25(18-54)70-45)73-42-38(64)32(58)23(56)19-66-42/h23-45,53-65H,7-22H2,1-6H3/t23-,24-,25-,26+,27-,28-,29-,30-,31+,32+,33-,34-,35+,36+,37+,38-,39-,40-,41-,42+,43+,44+,45+,47+,48+,49-,50+,51-,52+/m1/s1. The molecule has 74 heavy (non-hydrogen) atoms. The van der Waals surface area contributed by atoms with Crippen molar-refractivity contribution in [2.24, 2.45) is 50.2 Å². The fourth-order valence-corrected chi connectivity index (χ4v) is 17.4. The molecule has 426 valence electrons. The second kappa shape index (κ2) is 20.0. The molecule has 0 radical (unpaired) electrons. The van der Waals surface area contributed by atoms with Crippen molar-refractivity contribution in [1.82, 2.24) is 0 Å². The van der Waals surface area contributed by atoms with Gasteiger partial charge in [-0.2, -0.15) is 0 Å². The zero-order chi connectivity index (χ0) is 53.5. The molecule has 10 fully saturated rings. The average Bonchev–Trinajstić information content (AvgIpc) is 3.64. The van der Waals surface area contributed by atoms with Gasteiger partial charge in [-0.15, -0.1) is 0 Å². The quantitative estimate of drug-likeness (QED) is 0.0986. The molecule has 1 spiro atoms. The molecule has 0 amide bonds. The minimum atomic E-state index is -1.91. The highest BCUT2D eigenvalue weighted by Gasteiger charge is 2.80. The van der Waals surface area contributed by atoms with Crippen LogP contribution in [0, 0.1) is 50.2 Å². The summed E-state index contributed by atoms with van der Waals surface area (Å²) in [7, 11) is 0. The third-order valence-electron chi connectivity index (χ3n) is 22.0. The van der Waals surface area contributed by atoms with E-state index in [0.29, 0.717) is 25.9 Å². The first kappa shape index (κ1) is 56.4. The zero-order valence-corrected chi connectivity index (χ0v) is 43.6. The summed E-state index contributed by atoms with van der Waals surface area (Å²) in [6.45, 7) is 11.7. The lowest BCUT2D eigenvalue weighted by atomic mass is 9.30. The maximum Gasteiger partial charge on any atom is 0.187 e. The van der Waals surface area contributed by atoms with Gasteiger partial charge in [0.1, 0.15) is 85.5 Å².